The van der Waals surface area contributed by atoms with E-state index in [0.717, 1.165) is 22.9 Å². The van der Waals surface area contributed by atoms with Crippen LogP contribution < -0.4 is 0 Å². The number of carbonyl (C=O) groups excluding carboxylic acids is 1. The van der Waals surface area contributed by atoms with E-state index in [0.29, 0.717) is 12.2 Å². The summed E-state index contributed by atoms with van der Waals surface area (Å²) in [5, 5.41) is 9.78. The highest BCUT2D eigenvalue weighted by Gasteiger charge is 2.13. The van der Waals surface area contributed by atoms with Crippen molar-refractivity contribution in [1.29, 1.82) is 0 Å². The van der Waals surface area contributed by atoms with Crippen LogP contribution >= 0.6 is 15.9 Å². The molecule has 0 heterocycles. The Morgan fingerprint density at radius 1 is 1.44 bits per heavy atom. The second-order valence-electron chi connectivity index (χ2n) is 3.43. The number of carbonyl (C=O) groups is 1. The minimum atomic E-state index is -0.415. The van der Waals surface area contributed by atoms with Gasteiger partial charge in [0.25, 0.3) is 0 Å². The van der Waals surface area contributed by atoms with Crippen molar-refractivity contribution in [3.8, 4) is 5.75 Å². The van der Waals surface area contributed by atoms with E-state index in [9.17, 15) is 9.90 Å². The Hall–Kier alpha value is -1.03. The molecule has 0 aliphatic heterocycles. The maximum atomic E-state index is 11.5. The molecule has 0 atom stereocenters. The quantitative estimate of drug-likeness (QED) is 0.864. The molecule has 88 valence electrons. The molecule has 0 saturated carbocycles. The number of esters is 1. The normalized spacial score (nSPS) is 10.2. The summed E-state index contributed by atoms with van der Waals surface area (Å²) in [4.78, 5) is 11.5. The van der Waals surface area contributed by atoms with Crippen LogP contribution in [-0.4, -0.2) is 17.7 Å². The van der Waals surface area contributed by atoms with Gasteiger partial charge < -0.3 is 9.84 Å². The molecule has 0 aromatic heterocycles. The van der Waals surface area contributed by atoms with Crippen molar-refractivity contribution >= 4 is 21.9 Å². The minimum absolute atomic E-state index is 0.138. The van der Waals surface area contributed by atoms with Crippen molar-refractivity contribution in [2.75, 3.05) is 6.61 Å². The zero-order valence-electron chi connectivity index (χ0n) is 9.42. The fourth-order valence-corrected chi connectivity index (χ4v) is 2.10. The van der Waals surface area contributed by atoms with Gasteiger partial charge in [-0.2, -0.15) is 0 Å². The molecule has 0 saturated heterocycles. The van der Waals surface area contributed by atoms with Gasteiger partial charge in [0.15, 0.2) is 0 Å². The summed E-state index contributed by atoms with van der Waals surface area (Å²) in [6.45, 7) is 4.11. The summed E-state index contributed by atoms with van der Waals surface area (Å²) in [5.41, 5.74) is 1.20. The summed E-state index contributed by atoms with van der Waals surface area (Å²) >= 11 is 3.35. The standard InChI is InChI=1S/C12H15BrO3/c1-3-5-9-10(13)6-8(7-11(9)14)12(15)16-4-2/h6-7,14H,3-5H2,1-2H3. The lowest BCUT2D eigenvalue weighted by Crippen LogP contribution is -2.05. The number of aromatic hydroxyl groups is 1. The number of hydrogen-bond donors (Lipinski definition) is 1. The van der Waals surface area contributed by atoms with Crippen molar-refractivity contribution < 1.29 is 14.6 Å². The molecule has 3 nitrogen and oxygen atoms in total. The van der Waals surface area contributed by atoms with Gasteiger partial charge in [-0.3, -0.25) is 0 Å². The SMILES string of the molecule is CCCc1c(O)cc(C(=O)OCC)cc1Br. The first-order chi connectivity index (χ1) is 7.60. The number of ether oxygens (including phenoxy) is 1. The van der Waals surface area contributed by atoms with Crippen molar-refractivity contribution in [2.24, 2.45) is 0 Å². The highest BCUT2D eigenvalue weighted by Crippen LogP contribution is 2.29. The van der Waals surface area contributed by atoms with Crippen LogP contribution in [-0.2, 0) is 11.2 Å². The molecule has 16 heavy (non-hydrogen) atoms. The monoisotopic (exact) mass is 286 g/mol. The first-order valence-electron chi connectivity index (χ1n) is 5.28. The lowest BCUT2D eigenvalue weighted by atomic mass is 10.1. The number of phenols is 1. The van der Waals surface area contributed by atoms with Crippen LogP contribution in [0.25, 0.3) is 0 Å². The Labute approximate surface area is 104 Å². The Morgan fingerprint density at radius 2 is 2.12 bits per heavy atom. The lowest BCUT2D eigenvalue weighted by molar-refractivity contribution is 0.0526. The maximum absolute atomic E-state index is 11.5. The van der Waals surface area contributed by atoms with E-state index in [1.54, 1.807) is 13.0 Å². The van der Waals surface area contributed by atoms with Crippen molar-refractivity contribution in [3.63, 3.8) is 0 Å². The fourth-order valence-electron chi connectivity index (χ4n) is 1.45. The highest BCUT2D eigenvalue weighted by molar-refractivity contribution is 9.10. The van der Waals surface area contributed by atoms with Crippen LogP contribution in [0.3, 0.4) is 0 Å². The van der Waals surface area contributed by atoms with Gasteiger partial charge in [0, 0.05) is 10.0 Å². The zero-order chi connectivity index (χ0) is 12.1. The number of halogens is 1. The molecule has 0 spiro atoms. The van der Waals surface area contributed by atoms with Gasteiger partial charge in [-0.15, -0.1) is 0 Å². The molecule has 0 aliphatic rings. The molecule has 1 aromatic carbocycles. The Bertz CT molecular complexity index is 365. The molecule has 1 rings (SSSR count). The molecule has 0 aliphatic carbocycles. The Kier molecular flexibility index (Phi) is 4.80. The maximum Gasteiger partial charge on any atom is 0.338 e. The summed E-state index contributed by atoms with van der Waals surface area (Å²) < 4.78 is 5.61. The van der Waals surface area contributed by atoms with E-state index < -0.39 is 5.97 Å². The first kappa shape index (κ1) is 13.0. The average Bonchev–Trinajstić information content (AvgIpc) is 2.23. The topological polar surface area (TPSA) is 46.5 Å². The van der Waals surface area contributed by atoms with Gasteiger partial charge in [0.05, 0.1) is 12.2 Å². The highest BCUT2D eigenvalue weighted by atomic mass is 79.9. The second-order valence-corrected chi connectivity index (χ2v) is 4.28. The number of hydrogen-bond acceptors (Lipinski definition) is 3. The van der Waals surface area contributed by atoms with Crippen molar-refractivity contribution in [3.05, 3.63) is 27.7 Å². The van der Waals surface area contributed by atoms with E-state index in [1.807, 2.05) is 6.92 Å². The number of rotatable bonds is 4. The molecule has 0 fully saturated rings. The molecular weight excluding hydrogens is 272 g/mol. The molecule has 0 bridgehead atoms. The van der Waals surface area contributed by atoms with E-state index in [2.05, 4.69) is 15.9 Å². The van der Waals surface area contributed by atoms with Crippen molar-refractivity contribution in [1.82, 2.24) is 0 Å². The summed E-state index contributed by atoms with van der Waals surface area (Å²) in [6, 6.07) is 3.14. The molecule has 4 heteroatoms. The van der Waals surface area contributed by atoms with Gasteiger partial charge in [-0.25, -0.2) is 4.79 Å². The first-order valence-corrected chi connectivity index (χ1v) is 6.07. The van der Waals surface area contributed by atoms with Crippen LogP contribution in [0.15, 0.2) is 16.6 Å². The van der Waals surface area contributed by atoms with E-state index in [-0.39, 0.29) is 5.75 Å². The fraction of sp³-hybridized carbons (Fsp3) is 0.417. The van der Waals surface area contributed by atoms with Gasteiger partial charge in [0.1, 0.15) is 5.75 Å². The summed E-state index contributed by atoms with van der Waals surface area (Å²) in [7, 11) is 0. The predicted octanol–water partition coefficient (Wildman–Crippen LogP) is 3.28. The third-order valence-electron chi connectivity index (χ3n) is 2.18. The smallest absolute Gasteiger partial charge is 0.338 e. The van der Waals surface area contributed by atoms with Gasteiger partial charge >= 0.3 is 5.97 Å². The molecule has 1 aromatic rings. The largest absolute Gasteiger partial charge is 0.508 e. The van der Waals surface area contributed by atoms with E-state index in [4.69, 9.17) is 4.74 Å². The lowest BCUT2D eigenvalue weighted by Gasteiger charge is -2.09. The Balaban J connectivity index is 3.04. The van der Waals surface area contributed by atoms with Crippen molar-refractivity contribution in [2.45, 2.75) is 26.7 Å². The minimum Gasteiger partial charge on any atom is -0.508 e. The van der Waals surface area contributed by atoms with Crippen LogP contribution in [0, 0.1) is 0 Å². The third-order valence-corrected chi connectivity index (χ3v) is 2.89. The van der Waals surface area contributed by atoms with Crippen LogP contribution in [0.5, 0.6) is 5.75 Å². The van der Waals surface area contributed by atoms with Crippen LogP contribution in [0.1, 0.15) is 36.2 Å². The molecule has 0 unspecified atom stereocenters. The van der Waals surface area contributed by atoms with E-state index in [1.165, 1.54) is 6.07 Å². The molecule has 0 radical (unpaired) electrons. The zero-order valence-corrected chi connectivity index (χ0v) is 11.0. The summed E-state index contributed by atoms with van der Waals surface area (Å²) in [5.74, 6) is -0.277. The molecule has 0 amide bonds. The number of benzene rings is 1. The molecule has 1 N–H and O–H groups in total. The van der Waals surface area contributed by atoms with E-state index >= 15 is 0 Å². The van der Waals surface area contributed by atoms with Crippen LogP contribution in [0.4, 0.5) is 0 Å². The van der Waals surface area contributed by atoms with Crippen LogP contribution in [0.2, 0.25) is 0 Å². The Morgan fingerprint density at radius 3 is 2.62 bits per heavy atom. The van der Waals surface area contributed by atoms with Gasteiger partial charge in [-0.1, -0.05) is 29.3 Å². The predicted molar refractivity (Wildman–Crippen MR) is 65.8 cm³/mol. The molecular formula is C12H15BrO3. The third kappa shape index (κ3) is 2.98. The second kappa shape index (κ2) is 5.89. The average molecular weight is 287 g/mol. The summed E-state index contributed by atoms with van der Waals surface area (Å²) in [6.07, 6.45) is 1.71. The van der Waals surface area contributed by atoms with Gasteiger partial charge in [-0.05, 0) is 25.5 Å². The number of phenolic OH excluding ortho intramolecular Hbond substituents is 1. The van der Waals surface area contributed by atoms with Gasteiger partial charge in [0.2, 0.25) is 0 Å².